The third-order valence-corrected chi connectivity index (χ3v) is 4.40. The number of rotatable bonds is 6. The van der Waals surface area contributed by atoms with Crippen LogP contribution in [-0.2, 0) is 20.4 Å². The molecular formula is C8H21O3PPd. The van der Waals surface area contributed by atoms with Gasteiger partial charge in [0.2, 0.25) is 0 Å². The van der Waals surface area contributed by atoms with Gasteiger partial charge in [-0.1, -0.05) is 0 Å². The number of unbranched alkanes of at least 4 members (excludes halogenated alkanes) is 2. The summed E-state index contributed by atoms with van der Waals surface area (Å²) in [6.45, 7) is 3.93. The molecule has 3 nitrogen and oxygen atoms in total. The minimum atomic E-state index is -4.21. The van der Waals surface area contributed by atoms with Crippen molar-refractivity contribution in [1.29, 1.82) is 0 Å². The summed E-state index contributed by atoms with van der Waals surface area (Å²) in [5, 5.41) is 0. The summed E-state index contributed by atoms with van der Waals surface area (Å²) >= 11 is 0. The molecule has 0 aromatic carbocycles. The molecule has 0 saturated carbocycles. The summed E-state index contributed by atoms with van der Waals surface area (Å²) in [5.74, 6) is 0. The molecule has 0 unspecified atom stereocenters. The molecule has 0 amide bonds. The van der Waals surface area contributed by atoms with Gasteiger partial charge in [0.25, 0.3) is 0 Å². The van der Waals surface area contributed by atoms with Crippen molar-refractivity contribution in [3.05, 3.63) is 0 Å². The minimum Gasteiger partial charge on any atom is 0 e. The predicted molar refractivity (Wildman–Crippen MR) is 53.1 cm³/mol. The smallest absolute Gasteiger partial charge is 0 e. The molecule has 0 rings (SSSR count). The van der Waals surface area contributed by atoms with Crippen LogP contribution in [0.3, 0.4) is 0 Å². The Kier molecular flexibility index (Phi) is 8.15. The predicted octanol–water partition coefficient (Wildman–Crippen LogP) is 1.86. The molecule has 3 N–H and O–H groups in total. The van der Waals surface area contributed by atoms with E-state index in [1.54, 1.807) is 0 Å². The van der Waals surface area contributed by atoms with E-state index in [1.165, 1.54) is 0 Å². The Morgan fingerprint density at radius 2 is 1.15 bits per heavy atom. The first-order valence-electron chi connectivity index (χ1n) is 4.65. The first-order valence-corrected chi connectivity index (χ1v) is 7.11. The molecule has 0 radical (unpaired) electrons. The normalized spacial score (nSPS) is 14.4. The molecule has 0 aromatic rings. The Hall–Kier alpha value is 0.972. The molecule has 0 spiro atoms. The molecule has 0 fully saturated rings. The van der Waals surface area contributed by atoms with Crippen molar-refractivity contribution in [3.8, 4) is 0 Å². The zero-order chi connectivity index (χ0) is 9.69. The van der Waals surface area contributed by atoms with E-state index < -0.39 is 7.28 Å². The second-order valence-electron chi connectivity index (χ2n) is 3.49. The van der Waals surface area contributed by atoms with E-state index in [1.807, 2.05) is 13.8 Å². The van der Waals surface area contributed by atoms with Gasteiger partial charge in [-0.15, -0.1) is 0 Å². The Bertz CT molecular complexity index is 121. The average Bonchev–Trinajstić information content (AvgIpc) is 1.97. The molecule has 0 heterocycles. The zero-order valence-electron chi connectivity index (χ0n) is 8.35. The summed E-state index contributed by atoms with van der Waals surface area (Å²) in [7, 11) is -4.21. The van der Waals surface area contributed by atoms with Crippen molar-refractivity contribution < 1.29 is 35.1 Å². The summed E-state index contributed by atoms with van der Waals surface area (Å²) in [6.07, 6.45) is 3.47. The first kappa shape index (κ1) is 16.4. The van der Waals surface area contributed by atoms with E-state index >= 15 is 0 Å². The van der Waals surface area contributed by atoms with E-state index in [9.17, 15) is 14.7 Å². The van der Waals surface area contributed by atoms with Crippen LogP contribution >= 0.6 is 7.28 Å². The van der Waals surface area contributed by atoms with Gasteiger partial charge in [-0.05, 0) is 0 Å². The summed E-state index contributed by atoms with van der Waals surface area (Å²) in [4.78, 5) is 28.5. The van der Waals surface area contributed by atoms with E-state index in [4.69, 9.17) is 0 Å². The number of hydrogen-bond donors (Lipinski definition) is 3. The van der Waals surface area contributed by atoms with Crippen LogP contribution in [0.4, 0.5) is 0 Å². The van der Waals surface area contributed by atoms with Crippen LogP contribution in [0.2, 0.25) is 0 Å². The summed E-state index contributed by atoms with van der Waals surface area (Å²) < 4.78 is 0. The van der Waals surface area contributed by atoms with Crippen LogP contribution in [0.25, 0.3) is 0 Å². The third-order valence-electron chi connectivity index (χ3n) is 1.94. The van der Waals surface area contributed by atoms with Crippen LogP contribution in [0, 0.1) is 0 Å². The van der Waals surface area contributed by atoms with E-state index in [-0.39, 0.29) is 32.7 Å². The van der Waals surface area contributed by atoms with Gasteiger partial charge in [-0.25, -0.2) is 0 Å². The molecule has 0 aliphatic rings. The Labute approximate surface area is 94.4 Å². The van der Waals surface area contributed by atoms with Crippen LogP contribution in [0.5, 0.6) is 0 Å². The molecule has 5 heteroatoms. The van der Waals surface area contributed by atoms with E-state index in [0.717, 1.165) is 12.8 Å². The topological polar surface area (TPSA) is 60.7 Å². The largest absolute Gasteiger partial charge is 0 e. The van der Waals surface area contributed by atoms with Crippen LogP contribution in [0.15, 0.2) is 0 Å². The van der Waals surface area contributed by atoms with Crippen LogP contribution in [0.1, 0.15) is 39.5 Å². The van der Waals surface area contributed by atoms with E-state index in [2.05, 4.69) is 0 Å². The van der Waals surface area contributed by atoms with E-state index in [0.29, 0.717) is 12.8 Å². The standard InChI is InChI=1S/C8H21O3P.Pd/c1-3-5-7-12(9,10,11)8-6-4-2;/h9-11H,3-8H2,1-2H3;. The molecule has 0 aromatic heterocycles. The summed E-state index contributed by atoms with van der Waals surface area (Å²) in [5.41, 5.74) is 0. The molecule has 86 valence electrons. The third kappa shape index (κ3) is 9.28. The molecule has 0 aliphatic carbocycles. The molecular weight excluding hydrogens is 281 g/mol. The summed E-state index contributed by atoms with van der Waals surface area (Å²) in [6, 6.07) is 0. The quantitative estimate of drug-likeness (QED) is 0.518. The van der Waals surface area contributed by atoms with Crippen molar-refractivity contribution >= 4 is 7.28 Å². The van der Waals surface area contributed by atoms with Gasteiger partial charge in [-0.3, -0.25) is 0 Å². The van der Waals surface area contributed by atoms with Gasteiger partial charge in [0.1, 0.15) is 0 Å². The van der Waals surface area contributed by atoms with Gasteiger partial charge in [0, 0.05) is 20.4 Å². The van der Waals surface area contributed by atoms with Gasteiger partial charge in [0.15, 0.2) is 0 Å². The Balaban J connectivity index is 0. The van der Waals surface area contributed by atoms with Crippen molar-refractivity contribution in [2.75, 3.05) is 12.3 Å². The molecule has 0 saturated heterocycles. The van der Waals surface area contributed by atoms with Gasteiger partial charge >= 0.3 is 73.8 Å². The zero-order valence-corrected chi connectivity index (χ0v) is 10.8. The second-order valence-corrected chi connectivity index (χ2v) is 7.07. The minimum absolute atomic E-state index is 0. The van der Waals surface area contributed by atoms with Crippen LogP contribution < -0.4 is 0 Å². The SMILES string of the molecule is CCCCP(O)(O)(O)CCCC.[Pd]. The Morgan fingerprint density at radius 1 is 0.846 bits per heavy atom. The van der Waals surface area contributed by atoms with Crippen LogP contribution in [-0.4, -0.2) is 27.0 Å². The van der Waals surface area contributed by atoms with Gasteiger partial charge in [0.05, 0.1) is 0 Å². The van der Waals surface area contributed by atoms with Gasteiger partial charge in [-0.2, -0.15) is 0 Å². The maximum atomic E-state index is 9.48. The average molecular weight is 303 g/mol. The maximum absolute atomic E-state index is 9.48. The molecule has 0 aliphatic heterocycles. The number of hydrogen-bond acceptors (Lipinski definition) is 3. The fourth-order valence-electron chi connectivity index (χ4n) is 1.08. The fraction of sp³-hybridized carbons (Fsp3) is 1.00. The van der Waals surface area contributed by atoms with Crippen molar-refractivity contribution in [2.45, 2.75) is 39.5 Å². The monoisotopic (exact) mass is 302 g/mol. The second kappa shape index (κ2) is 6.45. The van der Waals surface area contributed by atoms with Crippen molar-refractivity contribution in [2.24, 2.45) is 0 Å². The molecule has 0 atom stereocenters. The fourth-order valence-corrected chi connectivity index (χ4v) is 3.23. The van der Waals surface area contributed by atoms with Crippen molar-refractivity contribution in [3.63, 3.8) is 0 Å². The maximum Gasteiger partial charge on any atom is 0 e. The molecule has 13 heavy (non-hydrogen) atoms. The first-order chi connectivity index (χ1) is 5.39. The van der Waals surface area contributed by atoms with Gasteiger partial charge < -0.3 is 0 Å². The molecule has 0 bridgehead atoms. The van der Waals surface area contributed by atoms with Crippen molar-refractivity contribution in [1.82, 2.24) is 0 Å². The Morgan fingerprint density at radius 3 is 1.38 bits per heavy atom.